The Morgan fingerprint density at radius 2 is 2.19 bits per heavy atom. The van der Waals surface area contributed by atoms with Crippen LogP contribution >= 0.6 is 38.9 Å². The van der Waals surface area contributed by atoms with Gasteiger partial charge in [-0.05, 0) is 34.1 Å². The van der Waals surface area contributed by atoms with Gasteiger partial charge in [0.2, 0.25) is 0 Å². The van der Waals surface area contributed by atoms with E-state index >= 15 is 0 Å². The molecule has 0 aliphatic heterocycles. The number of nitrogens with zero attached hydrogens (tertiary/aromatic N) is 1. The Hall–Kier alpha value is -0.840. The quantitative estimate of drug-likeness (QED) is 0.649. The second kappa shape index (κ2) is 5.48. The third-order valence-corrected chi connectivity index (χ3v) is 3.80. The number of benzene rings is 1. The molecule has 0 amide bonds. The van der Waals surface area contributed by atoms with Crippen LogP contribution in [0.1, 0.15) is 4.88 Å². The summed E-state index contributed by atoms with van der Waals surface area (Å²) in [6, 6.07) is 9.49. The van der Waals surface area contributed by atoms with Gasteiger partial charge in [-0.2, -0.15) is 5.10 Å². The number of para-hydroxylation sites is 1. The third-order valence-electron chi connectivity index (χ3n) is 1.84. The minimum atomic E-state index is 0.659. The molecule has 0 radical (unpaired) electrons. The minimum absolute atomic E-state index is 0.659. The molecule has 0 bridgehead atoms. The Morgan fingerprint density at radius 1 is 1.38 bits per heavy atom. The summed E-state index contributed by atoms with van der Waals surface area (Å²) in [5, 5.41) is 6.79. The van der Waals surface area contributed by atoms with Gasteiger partial charge >= 0.3 is 0 Å². The van der Waals surface area contributed by atoms with Gasteiger partial charge < -0.3 is 0 Å². The fourth-order valence-corrected chi connectivity index (χ4v) is 2.60. The number of thiophene rings is 1. The van der Waals surface area contributed by atoms with E-state index in [-0.39, 0.29) is 0 Å². The average Bonchev–Trinajstić information content (AvgIpc) is 2.67. The van der Waals surface area contributed by atoms with Crippen molar-refractivity contribution in [1.29, 1.82) is 0 Å². The Labute approximate surface area is 111 Å². The summed E-state index contributed by atoms with van der Waals surface area (Å²) in [4.78, 5) is 1.08. The summed E-state index contributed by atoms with van der Waals surface area (Å²) in [5.41, 5.74) is 3.70. The van der Waals surface area contributed by atoms with Crippen molar-refractivity contribution in [3.05, 3.63) is 50.1 Å². The first-order valence-corrected chi connectivity index (χ1v) is 6.58. The van der Waals surface area contributed by atoms with Crippen molar-refractivity contribution < 1.29 is 0 Å². The molecule has 0 fully saturated rings. The highest BCUT2D eigenvalue weighted by atomic mass is 79.9. The Kier molecular flexibility index (Phi) is 3.98. The third kappa shape index (κ3) is 3.07. The maximum atomic E-state index is 5.97. The molecule has 0 aliphatic rings. The van der Waals surface area contributed by atoms with E-state index < -0.39 is 0 Å². The molecule has 1 N–H and O–H groups in total. The van der Waals surface area contributed by atoms with Crippen molar-refractivity contribution in [3.63, 3.8) is 0 Å². The first kappa shape index (κ1) is 11.6. The van der Waals surface area contributed by atoms with Gasteiger partial charge in [-0.3, -0.25) is 5.43 Å². The van der Waals surface area contributed by atoms with Crippen molar-refractivity contribution in [2.45, 2.75) is 0 Å². The fraction of sp³-hybridized carbons (Fsp3) is 0. The zero-order valence-corrected chi connectivity index (χ0v) is 11.3. The lowest BCUT2D eigenvalue weighted by atomic mass is 10.3. The van der Waals surface area contributed by atoms with Crippen LogP contribution in [0.3, 0.4) is 0 Å². The SMILES string of the molecule is Clc1ccccc1N/N=C\c1cc(Br)cs1. The summed E-state index contributed by atoms with van der Waals surface area (Å²) >= 11 is 11.0. The number of hydrogen-bond donors (Lipinski definition) is 1. The summed E-state index contributed by atoms with van der Waals surface area (Å²) in [5.74, 6) is 0. The van der Waals surface area contributed by atoms with Gasteiger partial charge in [0.05, 0.1) is 16.9 Å². The normalized spacial score (nSPS) is 10.9. The van der Waals surface area contributed by atoms with Crippen LogP contribution in [-0.2, 0) is 0 Å². The Balaban J connectivity index is 2.02. The molecule has 0 spiro atoms. The number of hydrogen-bond acceptors (Lipinski definition) is 3. The molecular formula is C11H8BrClN2S. The highest BCUT2D eigenvalue weighted by Crippen LogP contribution is 2.21. The van der Waals surface area contributed by atoms with Gasteiger partial charge in [-0.1, -0.05) is 23.7 Å². The maximum Gasteiger partial charge on any atom is 0.0748 e. The van der Waals surface area contributed by atoms with E-state index in [1.54, 1.807) is 17.6 Å². The predicted molar refractivity (Wildman–Crippen MR) is 74.7 cm³/mol. The smallest absolute Gasteiger partial charge is 0.0748 e. The van der Waals surface area contributed by atoms with Crippen molar-refractivity contribution in [1.82, 2.24) is 0 Å². The van der Waals surface area contributed by atoms with Crippen molar-refractivity contribution >= 4 is 50.8 Å². The maximum absolute atomic E-state index is 5.97. The number of hydrazone groups is 1. The molecular weight excluding hydrogens is 308 g/mol. The Morgan fingerprint density at radius 3 is 2.88 bits per heavy atom. The molecule has 0 unspecified atom stereocenters. The van der Waals surface area contributed by atoms with E-state index in [1.165, 1.54) is 0 Å². The second-order valence-electron chi connectivity index (χ2n) is 3.02. The van der Waals surface area contributed by atoms with Gasteiger partial charge in [-0.15, -0.1) is 11.3 Å². The minimum Gasteiger partial charge on any atom is -0.277 e. The lowest BCUT2D eigenvalue weighted by Crippen LogP contribution is -1.89. The number of anilines is 1. The van der Waals surface area contributed by atoms with Crippen LogP contribution in [0.15, 0.2) is 45.3 Å². The van der Waals surface area contributed by atoms with Crippen molar-refractivity contribution in [2.75, 3.05) is 5.43 Å². The van der Waals surface area contributed by atoms with E-state index in [2.05, 4.69) is 26.5 Å². The van der Waals surface area contributed by atoms with Crippen LogP contribution < -0.4 is 5.43 Å². The molecule has 5 heteroatoms. The van der Waals surface area contributed by atoms with E-state index in [0.29, 0.717) is 5.02 Å². The highest BCUT2D eigenvalue weighted by molar-refractivity contribution is 9.10. The van der Waals surface area contributed by atoms with Crippen LogP contribution in [0.5, 0.6) is 0 Å². The summed E-state index contributed by atoms with van der Waals surface area (Å²) in [6.45, 7) is 0. The van der Waals surface area contributed by atoms with E-state index in [1.807, 2.05) is 35.7 Å². The van der Waals surface area contributed by atoms with E-state index in [4.69, 9.17) is 11.6 Å². The average molecular weight is 316 g/mol. The van der Waals surface area contributed by atoms with E-state index in [9.17, 15) is 0 Å². The molecule has 1 aromatic carbocycles. The molecule has 2 aromatic rings. The first-order valence-electron chi connectivity index (χ1n) is 4.53. The predicted octanol–water partition coefficient (Wildman–Crippen LogP) is 4.61. The largest absolute Gasteiger partial charge is 0.277 e. The molecule has 0 saturated heterocycles. The van der Waals surface area contributed by atoms with Crippen LogP contribution in [-0.4, -0.2) is 6.21 Å². The van der Waals surface area contributed by atoms with Crippen molar-refractivity contribution in [3.8, 4) is 0 Å². The van der Waals surface area contributed by atoms with Gasteiger partial charge in [0.25, 0.3) is 0 Å². The molecule has 0 saturated carbocycles. The Bertz CT molecular complexity index is 510. The van der Waals surface area contributed by atoms with Crippen LogP contribution in [0.25, 0.3) is 0 Å². The van der Waals surface area contributed by atoms with Crippen molar-refractivity contribution in [2.24, 2.45) is 5.10 Å². The zero-order chi connectivity index (χ0) is 11.4. The molecule has 2 nitrogen and oxygen atoms in total. The second-order valence-corrected chi connectivity index (χ2v) is 5.28. The summed E-state index contributed by atoms with van der Waals surface area (Å²) < 4.78 is 1.07. The molecule has 2 rings (SSSR count). The van der Waals surface area contributed by atoms with Gasteiger partial charge in [0.1, 0.15) is 0 Å². The highest BCUT2D eigenvalue weighted by Gasteiger charge is 1.96. The van der Waals surface area contributed by atoms with Gasteiger partial charge in [-0.25, -0.2) is 0 Å². The van der Waals surface area contributed by atoms with Crippen LogP contribution in [0.2, 0.25) is 5.02 Å². The molecule has 0 atom stereocenters. The molecule has 0 aliphatic carbocycles. The van der Waals surface area contributed by atoms with Crippen LogP contribution in [0.4, 0.5) is 5.69 Å². The zero-order valence-electron chi connectivity index (χ0n) is 8.15. The van der Waals surface area contributed by atoms with Gasteiger partial charge in [0.15, 0.2) is 0 Å². The van der Waals surface area contributed by atoms with Gasteiger partial charge in [0, 0.05) is 14.7 Å². The molecule has 82 valence electrons. The lowest BCUT2D eigenvalue weighted by Gasteiger charge is -2.00. The number of halogens is 2. The van der Waals surface area contributed by atoms with Crippen LogP contribution in [0, 0.1) is 0 Å². The molecule has 16 heavy (non-hydrogen) atoms. The first-order chi connectivity index (χ1) is 7.75. The molecule has 1 heterocycles. The number of rotatable bonds is 3. The fourth-order valence-electron chi connectivity index (χ4n) is 1.11. The standard InChI is InChI=1S/C11H8BrClN2S/c12-8-5-9(16-7-8)6-14-15-11-4-2-1-3-10(11)13/h1-7,15H/b14-6-. The number of nitrogens with one attached hydrogen (secondary N) is 1. The summed E-state index contributed by atoms with van der Waals surface area (Å²) in [6.07, 6.45) is 1.76. The molecule has 1 aromatic heterocycles. The van der Waals surface area contributed by atoms with E-state index in [0.717, 1.165) is 15.0 Å². The summed E-state index contributed by atoms with van der Waals surface area (Å²) in [7, 11) is 0. The monoisotopic (exact) mass is 314 g/mol. The topological polar surface area (TPSA) is 24.4 Å². The lowest BCUT2D eigenvalue weighted by molar-refractivity contribution is 1.35.